The highest BCUT2D eigenvalue weighted by molar-refractivity contribution is 7.99. The van der Waals surface area contributed by atoms with Gasteiger partial charge in [-0.05, 0) is 62.1 Å². The summed E-state index contributed by atoms with van der Waals surface area (Å²) in [6, 6.07) is 11.7. The number of carbonyl (C=O) groups is 1. The monoisotopic (exact) mass is 433 g/mol. The minimum Gasteiger partial charge on any atom is -0.482 e. The summed E-state index contributed by atoms with van der Waals surface area (Å²) in [4.78, 5) is 17.2. The highest BCUT2D eigenvalue weighted by atomic mass is 32.2. The highest BCUT2D eigenvalue weighted by Gasteiger charge is 2.18. The molecule has 4 aromatic rings. The maximum atomic E-state index is 12.9. The van der Waals surface area contributed by atoms with Crippen molar-refractivity contribution < 1.29 is 13.9 Å². The van der Waals surface area contributed by atoms with Crippen molar-refractivity contribution in [1.29, 1.82) is 0 Å². The number of fused-ring (bicyclic) bond motifs is 1. The number of rotatable bonds is 7. The van der Waals surface area contributed by atoms with Crippen LogP contribution in [0.2, 0.25) is 0 Å². The molecule has 0 N–H and O–H groups in total. The van der Waals surface area contributed by atoms with Gasteiger partial charge in [-0.1, -0.05) is 36.0 Å². The van der Waals surface area contributed by atoms with Crippen molar-refractivity contribution in [2.24, 2.45) is 0 Å². The zero-order valence-corrected chi connectivity index (χ0v) is 18.7. The third-order valence-electron chi connectivity index (χ3n) is 5.37. The van der Waals surface area contributed by atoms with Crippen LogP contribution < -0.4 is 4.74 Å². The van der Waals surface area contributed by atoms with Crippen molar-refractivity contribution in [1.82, 2.24) is 15.2 Å². The van der Waals surface area contributed by atoms with Gasteiger partial charge in [-0.15, -0.1) is 10.2 Å². The average molecular weight is 434 g/mol. The van der Waals surface area contributed by atoms with E-state index in [1.54, 1.807) is 6.20 Å². The van der Waals surface area contributed by atoms with E-state index in [1.165, 1.54) is 11.8 Å². The molecule has 0 aliphatic heterocycles. The van der Waals surface area contributed by atoms with Gasteiger partial charge in [0.05, 0.1) is 5.75 Å². The van der Waals surface area contributed by atoms with E-state index < -0.39 is 0 Å². The Hall–Kier alpha value is -3.19. The highest BCUT2D eigenvalue weighted by Crippen LogP contribution is 2.26. The number of ketones is 1. The van der Waals surface area contributed by atoms with E-state index in [0.717, 1.165) is 38.7 Å². The summed E-state index contributed by atoms with van der Waals surface area (Å²) in [5.41, 5.74) is 5.86. The molecule has 2 aromatic heterocycles. The van der Waals surface area contributed by atoms with E-state index >= 15 is 0 Å². The third kappa shape index (κ3) is 4.46. The predicted molar refractivity (Wildman–Crippen MR) is 121 cm³/mol. The number of hydrogen-bond donors (Lipinski definition) is 0. The summed E-state index contributed by atoms with van der Waals surface area (Å²) in [6.07, 6.45) is 1.73. The van der Waals surface area contributed by atoms with Gasteiger partial charge in [0.1, 0.15) is 11.3 Å². The van der Waals surface area contributed by atoms with Crippen molar-refractivity contribution in [3.63, 3.8) is 0 Å². The van der Waals surface area contributed by atoms with Crippen LogP contribution >= 0.6 is 11.8 Å². The molecule has 0 saturated carbocycles. The zero-order valence-electron chi connectivity index (χ0n) is 17.9. The summed E-state index contributed by atoms with van der Waals surface area (Å²) >= 11 is 1.24. The van der Waals surface area contributed by atoms with Crippen molar-refractivity contribution in [2.45, 2.75) is 39.5 Å². The Morgan fingerprint density at radius 2 is 1.77 bits per heavy atom. The number of aromatic nitrogens is 3. The Kier molecular flexibility index (Phi) is 6.04. The van der Waals surface area contributed by atoms with Crippen LogP contribution in [0.4, 0.5) is 0 Å². The molecule has 0 amide bonds. The minimum absolute atomic E-state index is 0.0598. The first kappa shape index (κ1) is 21.1. The first-order valence-corrected chi connectivity index (χ1v) is 10.9. The third-order valence-corrected chi connectivity index (χ3v) is 6.19. The van der Waals surface area contributed by atoms with E-state index in [-0.39, 0.29) is 18.1 Å². The van der Waals surface area contributed by atoms with Crippen LogP contribution in [0.5, 0.6) is 5.75 Å². The van der Waals surface area contributed by atoms with Crippen LogP contribution in [0, 0.1) is 27.7 Å². The van der Waals surface area contributed by atoms with Crippen molar-refractivity contribution in [3.8, 4) is 5.75 Å². The quantitative estimate of drug-likeness (QED) is 0.285. The second kappa shape index (κ2) is 8.89. The van der Waals surface area contributed by atoms with Gasteiger partial charge in [0, 0.05) is 17.1 Å². The molecule has 31 heavy (non-hydrogen) atoms. The maximum Gasteiger partial charge on any atom is 0.277 e. The molecule has 4 rings (SSSR count). The van der Waals surface area contributed by atoms with Gasteiger partial charge in [0.2, 0.25) is 0 Å². The molecule has 0 bridgehead atoms. The summed E-state index contributed by atoms with van der Waals surface area (Å²) < 4.78 is 11.5. The minimum atomic E-state index is 0.0598. The smallest absolute Gasteiger partial charge is 0.277 e. The Balaban J connectivity index is 1.40. The van der Waals surface area contributed by atoms with Crippen LogP contribution in [0.3, 0.4) is 0 Å². The van der Waals surface area contributed by atoms with Crippen LogP contribution in [0.1, 0.15) is 38.5 Å². The summed E-state index contributed by atoms with van der Waals surface area (Å²) in [5, 5.41) is 9.41. The first-order valence-electron chi connectivity index (χ1n) is 9.96. The Labute approximate surface area is 185 Å². The number of nitrogens with zero attached hydrogens (tertiary/aromatic N) is 3. The van der Waals surface area contributed by atoms with Gasteiger partial charge >= 0.3 is 0 Å². The van der Waals surface area contributed by atoms with E-state index in [1.807, 2.05) is 58.0 Å². The van der Waals surface area contributed by atoms with Gasteiger partial charge in [0.15, 0.2) is 12.4 Å². The number of hydrogen-bond acceptors (Lipinski definition) is 7. The van der Waals surface area contributed by atoms with Crippen LogP contribution in [0.25, 0.3) is 10.9 Å². The second-order valence-corrected chi connectivity index (χ2v) is 8.36. The SMILES string of the molecule is Cc1cc(C)c(C)c(C(=O)CSc2nnc(COc3cccc4cccnc34)o2)c1C. The molecule has 6 nitrogen and oxygen atoms in total. The molecule has 0 atom stereocenters. The fourth-order valence-electron chi connectivity index (χ4n) is 3.52. The van der Waals surface area contributed by atoms with Gasteiger partial charge < -0.3 is 9.15 Å². The lowest BCUT2D eigenvalue weighted by Crippen LogP contribution is -2.10. The summed E-state index contributed by atoms with van der Waals surface area (Å²) in [7, 11) is 0. The molecule has 0 fully saturated rings. The zero-order chi connectivity index (χ0) is 22.0. The fourth-order valence-corrected chi connectivity index (χ4v) is 4.17. The Morgan fingerprint density at radius 3 is 2.55 bits per heavy atom. The Bertz CT molecular complexity index is 1230. The van der Waals surface area contributed by atoms with Crippen LogP contribution in [0.15, 0.2) is 52.2 Å². The van der Waals surface area contributed by atoms with Gasteiger partial charge in [-0.2, -0.15) is 0 Å². The number of thioether (sulfide) groups is 1. The lowest BCUT2D eigenvalue weighted by molar-refractivity contribution is 0.102. The van der Waals surface area contributed by atoms with E-state index in [2.05, 4.69) is 21.2 Å². The normalized spacial score (nSPS) is 11.1. The molecular formula is C24H23N3O3S. The van der Waals surface area contributed by atoms with E-state index in [0.29, 0.717) is 16.9 Å². The van der Waals surface area contributed by atoms with Gasteiger partial charge in [-0.3, -0.25) is 9.78 Å². The molecular weight excluding hydrogens is 410 g/mol. The van der Waals surface area contributed by atoms with E-state index in [9.17, 15) is 4.79 Å². The lowest BCUT2D eigenvalue weighted by atomic mass is 9.92. The largest absolute Gasteiger partial charge is 0.482 e. The number of para-hydroxylation sites is 1. The summed E-state index contributed by atoms with van der Waals surface area (Å²) in [6.45, 7) is 8.17. The lowest BCUT2D eigenvalue weighted by Gasteiger charge is -2.13. The number of pyridine rings is 1. The van der Waals surface area contributed by atoms with Crippen molar-refractivity contribution in [2.75, 3.05) is 5.75 Å². The molecule has 0 saturated heterocycles. The standard InChI is InChI=1S/C24H23N3O3S/c1-14-11-15(2)17(4)22(16(14)3)19(28)13-31-24-27-26-21(30-24)12-29-20-9-5-7-18-8-6-10-25-23(18)20/h5-11H,12-13H2,1-4H3. The molecule has 158 valence electrons. The Morgan fingerprint density at radius 1 is 1.03 bits per heavy atom. The van der Waals surface area contributed by atoms with Gasteiger partial charge in [0.25, 0.3) is 11.1 Å². The van der Waals surface area contributed by atoms with Crippen LogP contribution in [-0.4, -0.2) is 26.7 Å². The average Bonchev–Trinajstić information content (AvgIpc) is 3.23. The molecule has 7 heteroatoms. The van der Waals surface area contributed by atoms with Crippen molar-refractivity contribution in [3.05, 3.63) is 76.3 Å². The van der Waals surface area contributed by atoms with Crippen LogP contribution in [-0.2, 0) is 6.61 Å². The van der Waals surface area contributed by atoms with Gasteiger partial charge in [-0.25, -0.2) is 0 Å². The second-order valence-electron chi connectivity index (χ2n) is 7.43. The molecule has 0 aliphatic rings. The molecule has 2 heterocycles. The number of benzene rings is 2. The molecule has 0 aliphatic carbocycles. The van der Waals surface area contributed by atoms with Crippen molar-refractivity contribution >= 4 is 28.4 Å². The number of aryl methyl sites for hydroxylation is 2. The first-order chi connectivity index (χ1) is 14.9. The number of carbonyl (C=O) groups excluding carboxylic acids is 1. The molecule has 0 unspecified atom stereocenters. The van der Waals surface area contributed by atoms with E-state index in [4.69, 9.17) is 9.15 Å². The molecule has 2 aromatic carbocycles. The summed E-state index contributed by atoms with van der Waals surface area (Å²) in [5.74, 6) is 1.30. The fraction of sp³-hybridized carbons (Fsp3) is 0.250. The molecule has 0 radical (unpaired) electrons. The number of ether oxygens (including phenoxy) is 1. The molecule has 0 spiro atoms. The topological polar surface area (TPSA) is 78.1 Å². The maximum absolute atomic E-state index is 12.9. The predicted octanol–water partition coefficient (Wildman–Crippen LogP) is 5.41. The number of Topliss-reactive ketones (excluding diaryl/α,β-unsaturated/α-hetero) is 1.